The van der Waals surface area contributed by atoms with Crippen molar-refractivity contribution in [2.24, 2.45) is 10.2 Å². The van der Waals surface area contributed by atoms with E-state index in [1.807, 2.05) is 24.3 Å². The first-order valence-electron chi connectivity index (χ1n) is 8.65. The largest absolute Gasteiger partial charge is 0.462 e. The molecule has 144 valence electrons. The van der Waals surface area contributed by atoms with Crippen LogP contribution >= 0.6 is 23.4 Å². The summed E-state index contributed by atoms with van der Waals surface area (Å²) in [4.78, 5) is 23.9. The lowest BCUT2D eigenvalue weighted by molar-refractivity contribution is -0.118. The average molecular weight is 416 g/mol. The first kappa shape index (κ1) is 20.1. The van der Waals surface area contributed by atoms with Crippen LogP contribution in [0.25, 0.3) is 0 Å². The van der Waals surface area contributed by atoms with Crippen molar-refractivity contribution in [2.75, 3.05) is 6.61 Å². The Labute approximate surface area is 172 Å². The Morgan fingerprint density at radius 3 is 2.61 bits per heavy atom. The minimum atomic E-state index is -0.352. The smallest absolute Gasteiger partial charge is 0.338 e. The van der Waals surface area contributed by atoms with E-state index in [0.717, 1.165) is 11.1 Å². The summed E-state index contributed by atoms with van der Waals surface area (Å²) in [6.45, 7) is 2.10. The number of carbonyl (C=O) groups excluding carboxylic acids is 2. The van der Waals surface area contributed by atoms with Crippen LogP contribution in [0.1, 0.15) is 28.4 Å². The Hall–Kier alpha value is -2.64. The van der Waals surface area contributed by atoms with Crippen molar-refractivity contribution in [1.82, 2.24) is 5.32 Å². The van der Waals surface area contributed by atoms with Crippen molar-refractivity contribution in [3.8, 4) is 0 Å². The molecule has 2 aromatic rings. The quantitative estimate of drug-likeness (QED) is 0.443. The van der Waals surface area contributed by atoms with Gasteiger partial charge in [0.15, 0.2) is 5.17 Å². The number of amidine groups is 1. The van der Waals surface area contributed by atoms with Gasteiger partial charge in [-0.2, -0.15) is 5.10 Å². The topological polar surface area (TPSA) is 80.1 Å². The molecule has 8 heteroatoms. The molecule has 0 spiro atoms. The average Bonchev–Trinajstić information content (AvgIpc) is 3.03. The summed E-state index contributed by atoms with van der Waals surface area (Å²) in [7, 11) is 0. The highest BCUT2D eigenvalue weighted by Crippen LogP contribution is 2.23. The maximum absolute atomic E-state index is 12.2. The van der Waals surface area contributed by atoms with Crippen LogP contribution in [0.3, 0.4) is 0 Å². The van der Waals surface area contributed by atoms with Crippen LogP contribution in [0.5, 0.6) is 0 Å². The molecular formula is C20H18ClN3O3S. The maximum Gasteiger partial charge on any atom is 0.338 e. The zero-order valence-electron chi connectivity index (χ0n) is 15.1. The van der Waals surface area contributed by atoms with Gasteiger partial charge in [0.25, 0.3) is 0 Å². The Bertz CT molecular complexity index is 911. The minimum Gasteiger partial charge on any atom is -0.462 e. The number of esters is 1. The van der Waals surface area contributed by atoms with Crippen molar-refractivity contribution in [2.45, 2.75) is 18.6 Å². The second-order valence-corrected chi connectivity index (χ2v) is 7.55. The zero-order chi connectivity index (χ0) is 19.9. The molecule has 1 aliphatic heterocycles. The summed E-state index contributed by atoms with van der Waals surface area (Å²) in [5, 5.41) is 11.6. The molecule has 1 atom stereocenters. The van der Waals surface area contributed by atoms with Gasteiger partial charge in [0.1, 0.15) is 0 Å². The highest BCUT2D eigenvalue weighted by Gasteiger charge is 2.30. The molecule has 1 aliphatic rings. The molecule has 1 heterocycles. The lowest BCUT2D eigenvalue weighted by Gasteiger charge is -2.06. The highest BCUT2D eigenvalue weighted by molar-refractivity contribution is 8.15. The fourth-order valence-electron chi connectivity index (χ4n) is 2.49. The second-order valence-electron chi connectivity index (χ2n) is 5.92. The van der Waals surface area contributed by atoms with Gasteiger partial charge in [-0.3, -0.25) is 4.79 Å². The second kappa shape index (κ2) is 9.52. The van der Waals surface area contributed by atoms with E-state index in [1.54, 1.807) is 37.4 Å². The normalized spacial score (nSPS) is 17.9. The van der Waals surface area contributed by atoms with Crippen LogP contribution in [0, 0.1) is 0 Å². The Kier molecular flexibility index (Phi) is 6.84. The van der Waals surface area contributed by atoms with E-state index in [2.05, 4.69) is 15.5 Å². The number of halogens is 1. The highest BCUT2D eigenvalue weighted by atomic mass is 35.5. The molecule has 2 aromatic carbocycles. The standard InChI is InChI=1S/C20H18ClN3O3S/c1-2-27-19(26)15-7-3-13(4-8-15)11-17-18(25)23-20(28-17)24-22-12-14-5-9-16(21)10-6-14/h3-10,12,17H,2,11H2,1H3,(H,23,24,25)/t17-/m0/s1. The molecule has 0 unspecified atom stereocenters. The van der Waals surface area contributed by atoms with E-state index in [4.69, 9.17) is 16.3 Å². The summed E-state index contributed by atoms with van der Waals surface area (Å²) in [6, 6.07) is 14.3. The van der Waals surface area contributed by atoms with Crippen LogP contribution in [0.4, 0.5) is 0 Å². The molecule has 0 radical (unpaired) electrons. The number of nitrogens with zero attached hydrogens (tertiary/aromatic N) is 2. The van der Waals surface area contributed by atoms with E-state index >= 15 is 0 Å². The third-order valence-corrected chi connectivity index (χ3v) is 5.21. The van der Waals surface area contributed by atoms with Crippen molar-refractivity contribution in [1.29, 1.82) is 0 Å². The summed E-state index contributed by atoms with van der Waals surface area (Å²) in [5.41, 5.74) is 2.31. The van der Waals surface area contributed by atoms with Crippen molar-refractivity contribution >= 4 is 46.6 Å². The zero-order valence-corrected chi connectivity index (χ0v) is 16.7. The third kappa shape index (κ3) is 5.43. The summed E-state index contributed by atoms with van der Waals surface area (Å²) in [5.74, 6) is -0.463. The van der Waals surface area contributed by atoms with Gasteiger partial charge in [0.2, 0.25) is 5.91 Å². The molecule has 0 aromatic heterocycles. The number of ether oxygens (including phenoxy) is 1. The molecule has 1 N–H and O–H groups in total. The number of amides is 1. The molecule has 0 aliphatic carbocycles. The molecule has 1 amide bonds. The predicted octanol–water partition coefficient (Wildman–Crippen LogP) is 3.68. The SMILES string of the molecule is CCOC(=O)c1ccc(C[C@@H]2S/C(=N/N=Cc3ccc(Cl)cc3)NC2=O)cc1. The minimum absolute atomic E-state index is 0.111. The molecule has 0 saturated carbocycles. The van der Waals surface area contributed by atoms with Crippen LogP contribution in [0.15, 0.2) is 58.7 Å². The fraction of sp³-hybridized carbons (Fsp3) is 0.200. The number of rotatable bonds is 6. The molecule has 28 heavy (non-hydrogen) atoms. The van der Waals surface area contributed by atoms with Crippen LogP contribution in [0.2, 0.25) is 5.02 Å². The number of hydrogen-bond acceptors (Lipinski definition) is 6. The number of benzene rings is 2. The molecule has 1 fully saturated rings. The van der Waals surface area contributed by atoms with E-state index in [1.165, 1.54) is 11.8 Å². The lowest BCUT2D eigenvalue weighted by Crippen LogP contribution is -2.25. The van der Waals surface area contributed by atoms with Gasteiger partial charge in [-0.05, 0) is 48.7 Å². The van der Waals surface area contributed by atoms with Crippen molar-refractivity contribution in [3.63, 3.8) is 0 Å². The van der Waals surface area contributed by atoms with E-state index in [-0.39, 0.29) is 17.1 Å². The van der Waals surface area contributed by atoms with Crippen LogP contribution in [-0.4, -0.2) is 35.1 Å². The lowest BCUT2D eigenvalue weighted by atomic mass is 10.1. The Morgan fingerprint density at radius 2 is 1.93 bits per heavy atom. The molecule has 3 rings (SSSR count). The van der Waals surface area contributed by atoms with Gasteiger partial charge < -0.3 is 10.1 Å². The predicted molar refractivity (Wildman–Crippen MR) is 112 cm³/mol. The van der Waals surface area contributed by atoms with Crippen molar-refractivity contribution < 1.29 is 14.3 Å². The van der Waals surface area contributed by atoms with Gasteiger partial charge in [-0.25, -0.2) is 4.79 Å². The number of hydrogen-bond donors (Lipinski definition) is 1. The van der Waals surface area contributed by atoms with Gasteiger partial charge in [-0.15, -0.1) is 5.10 Å². The van der Waals surface area contributed by atoms with Gasteiger partial charge >= 0.3 is 5.97 Å². The van der Waals surface area contributed by atoms with Crippen molar-refractivity contribution in [3.05, 3.63) is 70.2 Å². The Morgan fingerprint density at radius 1 is 1.21 bits per heavy atom. The van der Waals surface area contributed by atoms with Gasteiger partial charge in [-0.1, -0.05) is 47.6 Å². The maximum atomic E-state index is 12.2. The fourth-order valence-corrected chi connectivity index (χ4v) is 3.58. The van der Waals surface area contributed by atoms with E-state index in [9.17, 15) is 9.59 Å². The first-order chi connectivity index (χ1) is 13.5. The molecule has 6 nitrogen and oxygen atoms in total. The van der Waals surface area contributed by atoms with E-state index in [0.29, 0.717) is 28.8 Å². The Balaban J connectivity index is 1.58. The van der Waals surface area contributed by atoms with Gasteiger partial charge in [0.05, 0.1) is 23.6 Å². The monoisotopic (exact) mass is 415 g/mol. The molecule has 1 saturated heterocycles. The number of nitrogens with one attached hydrogen (secondary N) is 1. The first-order valence-corrected chi connectivity index (χ1v) is 9.91. The molecule has 0 bridgehead atoms. The summed E-state index contributed by atoms with van der Waals surface area (Å²) >= 11 is 7.17. The summed E-state index contributed by atoms with van der Waals surface area (Å²) in [6.07, 6.45) is 2.12. The van der Waals surface area contributed by atoms with Crippen LogP contribution < -0.4 is 5.32 Å². The van der Waals surface area contributed by atoms with Gasteiger partial charge in [0, 0.05) is 5.02 Å². The molecular weight excluding hydrogens is 398 g/mol. The third-order valence-electron chi connectivity index (χ3n) is 3.89. The number of carbonyl (C=O) groups is 2. The van der Waals surface area contributed by atoms with E-state index < -0.39 is 0 Å². The number of thioether (sulfide) groups is 1. The van der Waals surface area contributed by atoms with Crippen LogP contribution in [-0.2, 0) is 16.0 Å². The summed E-state index contributed by atoms with van der Waals surface area (Å²) < 4.78 is 4.96.